The molecule has 0 saturated carbocycles. The highest BCUT2D eigenvalue weighted by molar-refractivity contribution is 7.90. The number of aryl methyl sites for hydroxylation is 1. The highest BCUT2D eigenvalue weighted by Crippen LogP contribution is 2.30. The summed E-state index contributed by atoms with van der Waals surface area (Å²) in [5.74, 6) is 0. The number of para-hydroxylation sites is 1. The van der Waals surface area contributed by atoms with Crippen molar-refractivity contribution in [3.63, 3.8) is 0 Å². The molecule has 0 unspecified atom stereocenters. The number of benzene rings is 2. The van der Waals surface area contributed by atoms with Gasteiger partial charge in [-0.2, -0.15) is 0 Å². The van der Waals surface area contributed by atoms with Crippen molar-refractivity contribution < 1.29 is 8.42 Å². The summed E-state index contributed by atoms with van der Waals surface area (Å²) >= 11 is 0. The highest BCUT2D eigenvalue weighted by Gasteiger charge is 2.14. The van der Waals surface area contributed by atoms with E-state index in [4.69, 9.17) is 5.73 Å². The standard InChI is InChI=1S/C15H18N2O2S/c1-10-6-4-7-12(11(10)2)17-13-8-5-9-14(15(13)16)20(3,18)19/h4-9,17H,16H2,1-3H3. The van der Waals surface area contributed by atoms with E-state index in [2.05, 4.69) is 5.32 Å². The van der Waals surface area contributed by atoms with Crippen LogP contribution in [0.4, 0.5) is 17.1 Å². The molecule has 2 aromatic rings. The number of anilines is 3. The van der Waals surface area contributed by atoms with E-state index in [9.17, 15) is 8.42 Å². The Bertz CT molecular complexity index is 752. The van der Waals surface area contributed by atoms with Crippen molar-refractivity contribution in [2.24, 2.45) is 0 Å². The second kappa shape index (κ2) is 5.17. The molecule has 0 aliphatic rings. The Morgan fingerprint density at radius 1 is 1.00 bits per heavy atom. The molecule has 0 radical (unpaired) electrons. The van der Waals surface area contributed by atoms with Crippen LogP contribution in [-0.4, -0.2) is 14.7 Å². The van der Waals surface area contributed by atoms with E-state index in [1.807, 2.05) is 32.0 Å². The van der Waals surface area contributed by atoms with Gasteiger partial charge in [-0.25, -0.2) is 8.42 Å². The fourth-order valence-corrected chi connectivity index (χ4v) is 2.84. The summed E-state index contributed by atoms with van der Waals surface area (Å²) in [7, 11) is -3.33. The average Bonchev–Trinajstić information content (AvgIpc) is 2.36. The number of rotatable bonds is 3. The maximum Gasteiger partial charge on any atom is 0.177 e. The first-order valence-electron chi connectivity index (χ1n) is 6.22. The van der Waals surface area contributed by atoms with E-state index < -0.39 is 9.84 Å². The lowest BCUT2D eigenvalue weighted by Gasteiger charge is -2.15. The third kappa shape index (κ3) is 2.77. The number of hydrogen-bond donors (Lipinski definition) is 2. The average molecular weight is 290 g/mol. The van der Waals surface area contributed by atoms with Gasteiger partial charge in [0.15, 0.2) is 9.84 Å². The van der Waals surface area contributed by atoms with Crippen molar-refractivity contribution in [2.75, 3.05) is 17.3 Å². The molecule has 0 amide bonds. The number of hydrogen-bond acceptors (Lipinski definition) is 4. The van der Waals surface area contributed by atoms with Crippen molar-refractivity contribution in [3.05, 3.63) is 47.5 Å². The molecule has 0 atom stereocenters. The zero-order valence-electron chi connectivity index (χ0n) is 11.8. The summed E-state index contributed by atoms with van der Waals surface area (Å²) in [4.78, 5) is 0.146. The highest BCUT2D eigenvalue weighted by atomic mass is 32.2. The summed E-state index contributed by atoms with van der Waals surface area (Å²) in [6.07, 6.45) is 1.15. The Morgan fingerprint density at radius 2 is 1.60 bits per heavy atom. The molecular formula is C15H18N2O2S. The fraction of sp³-hybridized carbons (Fsp3) is 0.200. The minimum atomic E-state index is -3.33. The van der Waals surface area contributed by atoms with E-state index >= 15 is 0 Å². The van der Waals surface area contributed by atoms with Gasteiger partial charge in [0.05, 0.1) is 16.3 Å². The predicted molar refractivity (Wildman–Crippen MR) is 83.2 cm³/mol. The van der Waals surface area contributed by atoms with Gasteiger partial charge >= 0.3 is 0 Å². The number of nitrogen functional groups attached to an aromatic ring is 1. The molecule has 4 nitrogen and oxygen atoms in total. The van der Waals surface area contributed by atoms with Crippen LogP contribution in [0.2, 0.25) is 0 Å². The minimum absolute atomic E-state index is 0.146. The molecule has 20 heavy (non-hydrogen) atoms. The molecule has 2 rings (SSSR count). The largest absolute Gasteiger partial charge is 0.396 e. The SMILES string of the molecule is Cc1cccc(Nc2cccc(S(C)(=O)=O)c2N)c1C. The van der Waals surface area contributed by atoms with E-state index in [0.717, 1.165) is 23.1 Å². The molecule has 0 fully saturated rings. The van der Waals surface area contributed by atoms with Crippen molar-refractivity contribution in [1.29, 1.82) is 0 Å². The van der Waals surface area contributed by atoms with Crippen LogP contribution in [0.1, 0.15) is 11.1 Å². The normalized spacial score (nSPS) is 11.3. The molecule has 5 heteroatoms. The number of nitrogens with two attached hydrogens (primary N) is 1. The van der Waals surface area contributed by atoms with Gasteiger partial charge in [0, 0.05) is 11.9 Å². The van der Waals surface area contributed by atoms with Gasteiger partial charge in [-0.05, 0) is 43.2 Å². The van der Waals surface area contributed by atoms with Crippen LogP contribution in [-0.2, 0) is 9.84 Å². The first kappa shape index (κ1) is 14.4. The van der Waals surface area contributed by atoms with Gasteiger partial charge in [-0.15, -0.1) is 0 Å². The summed E-state index contributed by atoms with van der Waals surface area (Å²) < 4.78 is 23.3. The van der Waals surface area contributed by atoms with Crippen molar-refractivity contribution in [2.45, 2.75) is 18.7 Å². The quantitative estimate of drug-likeness (QED) is 0.852. The second-order valence-electron chi connectivity index (χ2n) is 4.86. The second-order valence-corrected chi connectivity index (χ2v) is 6.85. The molecule has 3 N–H and O–H groups in total. The molecule has 0 saturated heterocycles. The third-order valence-corrected chi connectivity index (χ3v) is 4.49. The lowest BCUT2D eigenvalue weighted by molar-refractivity contribution is 0.602. The van der Waals surface area contributed by atoms with E-state index in [1.165, 1.54) is 6.07 Å². The molecule has 0 spiro atoms. The summed E-state index contributed by atoms with van der Waals surface area (Å²) in [6, 6.07) is 10.9. The van der Waals surface area contributed by atoms with Crippen LogP contribution >= 0.6 is 0 Å². The topological polar surface area (TPSA) is 72.2 Å². The molecule has 0 bridgehead atoms. The number of nitrogens with one attached hydrogen (secondary N) is 1. The van der Waals surface area contributed by atoms with Crippen LogP contribution < -0.4 is 11.1 Å². The molecule has 2 aromatic carbocycles. The summed E-state index contributed by atoms with van der Waals surface area (Å²) in [6.45, 7) is 4.03. The number of sulfone groups is 1. The maximum absolute atomic E-state index is 11.7. The molecule has 106 valence electrons. The first-order valence-corrected chi connectivity index (χ1v) is 8.11. The van der Waals surface area contributed by atoms with Crippen LogP contribution in [0.3, 0.4) is 0 Å². The van der Waals surface area contributed by atoms with Gasteiger partial charge in [0.1, 0.15) is 0 Å². The lowest BCUT2D eigenvalue weighted by atomic mass is 10.1. The maximum atomic E-state index is 11.7. The van der Waals surface area contributed by atoms with Gasteiger partial charge in [0.2, 0.25) is 0 Å². The van der Waals surface area contributed by atoms with Gasteiger partial charge < -0.3 is 11.1 Å². The molecule has 0 aliphatic heterocycles. The van der Waals surface area contributed by atoms with Gasteiger partial charge in [-0.1, -0.05) is 18.2 Å². The monoisotopic (exact) mass is 290 g/mol. The minimum Gasteiger partial charge on any atom is -0.396 e. The fourth-order valence-electron chi connectivity index (χ4n) is 2.01. The van der Waals surface area contributed by atoms with E-state index in [1.54, 1.807) is 12.1 Å². The molecule has 0 aromatic heterocycles. The molecule has 0 aliphatic carbocycles. The Morgan fingerprint density at radius 3 is 2.25 bits per heavy atom. The van der Waals surface area contributed by atoms with Crippen LogP contribution in [0.15, 0.2) is 41.3 Å². The first-order chi connectivity index (χ1) is 9.30. The third-order valence-electron chi connectivity index (χ3n) is 3.34. The summed E-state index contributed by atoms with van der Waals surface area (Å²) in [5, 5.41) is 3.20. The van der Waals surface area contributed by atoms with Crippen molar-refractivity contribution in [1.82, 2.24) is 0 Å². The van der Waals surface area contributed by atoms with Crippen molar-refractivity contribution >= 4 is 26.9 Å². The van der Waals surface area contributed by atoms with Gasteiger partial charge in [-0.3, -0.25) is 0 Å². The predicted octanol–water partition coefficient (Wildman–Crippen LogP) is 3.03. The molecule has 0 heterocycles. The smallest absolute Gasteiger partial charge is 0.177 e. The zero-order valence-corrected chi connectivity index (χ0v) is 12.6. The van der Waals surface area contributed by atoms with Gasteiger partial charge in [0.25, 0.3) is 0 Å². The Balaban J connectivity index is 2.48. The lowest BCUT2D eigenvalue weighted by Crippen LogP contribution is -2.05. The van der Waals surface area contributed by atoms with Crippen molar-refractivity contribution in [3.8, 4) is 0 Å². The Labute approximate surface area is 119 Å². The van der Waals surface area contributed by atoms with E-state index in [0.29, 0.717) is 5.69 Å². The Hall–Kier alpha value is -2.01. The summed E-state index contributed by atoms with van der Waals surface area (Å²) in [5.41, 5.74) is 10.00. The zero-order chi connectivity index (χ0) is 14.9. The molecular weight excluding hydrogens is 272 g/mol. The van der Waals surface area contributed by atoms with E-state index in [-0.39, 0.29) is 10.6 Å². The van der Waals surface area contributed by atoms with Crippen LogP contribution in [0, 0.1) is 13.8 Å². The Kier molecular flexibility index (Phi) is 3.72. The van der Waals surface area contributed by atoms with Crippen LogP contribution in [0.5, 0.6) is 0 Å². The van der Waals surface area contributed by atoms with Crippen LogP contribution in [0.25, 0.3) is 0 Å².